The van der Waals surface area contributed by atoms with Crippen molar-refractivity contribution in [3.8, 4) is 0 Å². The average molecular weight is 679 g/mol. The summed E-state index contributed by atoms with van der Waals surface area (Å²) < 4.78 is 19.2. The summed E-state index contributed by atoms with van der Waals surface area (Å²) in [7, 11) is 0. The maximum atomic E-state index is 14.0. The van der Waals surface area contributed by atoms with Gasteiger partial charge < -0.3 is 20.1 Å². The van der Waals surface area contributed by atoms with Crippen molar-refractivity contribution in [3.05, 3.63) is 35.5 Å². The van der Waals surface area contributed by atoms with Gasteiger partial charge in [-0.1, -0.05) is 58.9 Å². The van der Waals surface area contributed by atoms with Crippen LogP contribution in [0.1, 0.15) is 119 Å². The van der Waals surface area contributed by atoms with Gasteiger partial charge in [-0.15, -0.1) is 0 Å². The van der Waals surface area contributed by atoms with E-state index in [0.29, 0.717) is 62.1 Å². The highest BCUT2D eigenvalue weighted by molar-refractivity contribution is 5.75. The highest BCUT2D eigenvalue weighted by Gasteiger charge is 2.70. The second kappa shape index (κ2) is 12.0. The Morgan fingerprint density at radius 1 is 1.00 bits per heavy atom. The molecular formula is C42H63FN2O4. The molecule has 0 unspecified atom stereocenters. The number of hydrogen-bond acceptors (Lipinski definition) is 4. The van der Waals surface area contributed by atoms with E-state index in [2.05, 4.69) is 65.6 Å². The van der Waals surface area contributed by atoms with E-state index in [1.807, 2.05) is 4.90 Å². The first kappa shape index (κ1) is 35.3. The normalized spacial score (nSPS) is 45.7. The Bertz CT molecular complexity index is 1450. The summed E-state index contributed by atoms with van der Waals surface area (Å²) in [5.41, 5.74) is 3.57. The standard InChI is InChI=1S/C42H63FN2O4/c1-27(2)29-12-19-42(44-22-23-45-24-25-49-36(45)48)21-20-39(6)31(34(29)42)8-9-33-38(5)15-13-30(37(3,4)32(38)14-16-40(33,39)7)28-10-17-41(26-43,18-11-28)35(46)47/h10,13,29,31-34,44H,1,8-9,11-12,14-26H2,2-7H3,(H,46,47)/t29-,31+,32-,33+,34+,38-,39+,40+,41-,42-/m0/s1. The molecule has 1 heterocycles. The lowest BCUT2D eigenvalue weighted by Crippen LogP contribution is -2.68. The molecule has 0 radical (unpaired) electrons. The van der Waals surface area contributed by atoms with Crippen LogP contribution in [0.15, 0.2) is 35.5 Å². The van der Waals surface area contributed by atoms with Gasteiger partial charge in [0.25, 0.3) is 0 Å². The van der Waals surface area contributed by atoms with Crippen LogP contribution in [0, 0.1) is 56.7 Å². The molecule has 7 aliphatic rings. The van der Waals surface area contributed by atoms with E-state index in [1.54, 1.807) is 0 Å². The molecule has 0 bridgehead atoms. The Morgan fingerprint density at radius 3 is 2.41 bits per heavy atom. The summed E-state index contributed by atoms with van der Waals surface area (Å²) in [6.07, 6.45) is 16.7. The molecule has 7 rings (SSSR count). The molecule has 272 valence electrons. The highest BCUT2D eigenvalue weighted by atomic mass is 19.1. The quantitative estimate of drug-likeness (QED) is 0.251. The Kier molecular flexibility index (Phi) is 8.60. The number of ether oxygens (including phenoxy) is 1. The number of allylic oxidation sites excluding steroid dienone is 5. The number of nitrogens with zero attached hydrogens (tertiary/aromatic N) is 1. The molecule has 1 amide bonds. The first-order chi connectivity index (χ1) is 23.1. The van der Waals surface area contributed by atoms with Gasteiger partial charge in [0.1, 0.15) is 13.3 Å². The van der Waals surface area contributed by atoms with Gasteiger partial charge in [-0.05, 0) is 146 Å². The second-order valence-electron chi connectivity index (χ2n) is 19.1. The van der Waals surface area contributed by atoms with Gasteiger partial charge in [0.2, 0.25) is 0 Å². The molecule has 0 aromatic rings. The molecule has 0 spiro atoms. The number of fused-ring (bicyclic) bond motifs is 7. The van der Waals surface area contributed by atoms with E-state index in [1.165, 1.54) is 68.1 Å². The second-order valence-corrected chi connectivity index (χ2v) is 19.1. The molecule has 6 nitrogen and oxygen atoms in total. The maximum Gasteiger partial charge on any atom is 0.409 e. The van der Waals surface area contributed by atoms with Crippen molar-refractivity contribution in [2.75, 3.05) is 32.9 Å². The van der Waals surface area contributed by atoms with Crippen LogP contribution in [0.5, 0.6) is 0 Å². The molecule has 6 aliphatic carbocycles. The van der Waals surface area contributed by atoms with E-state index < -0.39 is 18.1 Å². The molecule has 5 fully saturated rings. The van der Waals surface area contributed by atoms with E-state index >= 15 is 0 Å². The number of amides is 1. The summed E-state index contributed by atoms with van der Waals surface area (Å²) >= 11 is 0. The summed E-state index contributed by atoms with van der Waals surface area (Å²) in [4.78, 5) is 26.0. The molecule has 4 saturated carbocycles. The number of carboxylic acids is 1. The number of hydrogen-bond donors (Lipinski definition) is 2. The molecular weight excluding hydrogens is 615 g/mol. The van der Waals surface area contributed by atoms with Crippen molar-refractivity contribution in [1.29, 1.82) is 0 Å². The lowest BCUT2D eigenvalue weighted by atomic mass is 9.33. The SMILES string of the molecule is C=C(C)[C@@H]1CC[C@]2(NCCN3CCOC3=O)CC[C@]3(C)[C@H](CC[C@@H]4[C@@]5(C)CC=C(C6=CC[C@](CF)(C(=O)O)CC6)C(C)(C)[C@@H]5CC[C@]43C)[C@@H]12. The molecule has 1 aliphatic heterocycles. The van der Waals surface area contributed by atoms with Gasteiger partial charge >= 0.3 is 12.1 Å². The van der Waals surface area contributed by atoms with Crippen LogP contribution in [-0.4, -0.2) is 60.5 Å². The smallest absolute Gasteiger partial charge is 0.409 e. The first-order valence-corrected chi connectivity index (χ1v) is 19.6. The fourth-order valence-electron chi connectivity index (χ4n) is 14.2. The maximum absolute atomic E-state index is 14.0. The minimum absolute atomic E-state index is 0.0131. The third-order valence-corrected chi connectivity index (χ3v) is 17.0. The fraction of sp³-hybridized carbons (Fsp3) is 0.810. The Hall–Kier alpha value is -2.15. The van der Waals surface area contributed by atoms with Gasteiger partial charge in [0, 0.05) is 18.6 Å². The number of carbonyl (C=O) groups is 2. The van der Waals surface area contributed by atoms with Gasteiger partial charge in [0.15, 0.2) is 0 Å². The molecule has 7 heteroatoms. The lowest BCUT2D eigenvalue weighted by Gasteiger charge is -2.72. The third kappa shape index (κ3) is 5.00. The van der Waals surface area contributed by atoms with Crippen LogP contribution in [0.3, 0.4) is 0 Å². The van der Waals surface area contributed by atoms with E-state index in [4.69, 9.17) is 4.74 Å². The van der Waals surface area contributed by atoms with Crippen molar-refractivity contribution in [3.63, 3.8) is 0 Å². The molecule has 10 atom stereocenters. The number of cyclic esters (lactones) is 1. The zero-order valence-electron chi connectivity index (χ0n) is 31.3. The molecule has 0 aromatic heterocycles. The van der Waals surface area contributed by atoms with E-state index in [-0.39, 0.29) is 39.7 Å². The van der Waals surface area contributed by atoms with Gasteiger partial charge in [0.05, 0.1) is 12.0 Å². The number of aliphatic carboxylic acids is 1. The van der Waals surface area contributed by atoms with Crippen LogP contribution in [0.25, 0.3) is 0 Å². The lowest BCUT2D eigenvalue weighted by molar-refractivity contribution is -0.221. The average Bonchev–Trinajstić information content (AvgIpc) is 3.65. The number of nitrogens with one attached hydrogen (secondary N) is 1. The first-order valence-electron chi connectivity index (χ1n) is 19.6. The summed E-state index contributed by atoms with van der Waals surface area (Å²) in [6, 6.07) is 0. The van der Waals surface area contributed by atoms with Crippen molar-refractivity contribution < 1.29 is 23.8 Å². The van der Waals surface area contributed by atoms with Crippen molar-refractivity contribution >= 4 is 12.1 Å². The summed E-state index contributed by atoms with van der Waals surface area (Å²) in [5.74, 6) is 1.98. The highest BCUT2D eigenvalue weighted by Crippen LogP contribution is 2.76. The zero-order chi connectivity index (χ0) is 35.2. The third-order valence-electron chi connectivity index (χ3n) is 17.0. The van der Waals surface area contributed by atoms with Crippen molar-refractivity contribution in [2.45, 2.75) is 124 Å². The Morgan fingerprint density at radius 2 is 1.78 bits per heavy atom. The molecule has 49 heavy (non-hydrogen) atoms. The number of rotatable bonds is 8. The van der Waals surface area contributed by atoms with Crippen LogP contribution in [0.4, 0.5) is 9.18 Å². The minimum Gasteiger partial charge on any atom is -0.481 e. The number of alkyl halides is 1. The van der Waals surface area contributed by atoms with Crippen LogP contribution in [0.2, 0.25) is 0 Å². The van der Waals surface area contributed by atoms with Gasteiger partial charge in [-0.25, -0.2) is 9.18 Å². The Balaban J connectivity index is 1.16. The number of carboxylic acid groups (broad SMARTS) is 1. The minimum atomic E-state index is -1.25. The zero-order valence-corrected chi connectivity index (χ0v) is 31.3. The van der Waals surface area contributed by atoms with Crippen LogP contribution in [-0.2, 0) is 9.53 Å². The number of halogens is 1. The summed E-state index contributed by atoms with van der Waals surface area (Å²) in [5, 5.41) is 13.9. The topological polar surface area (TPSA) is 78.9 Å². The van der Waals surface area contributed by atoms with Gasteiger partial charge in [-0.3, -0.25) is 4.79 Å². The Labute approximate surface area is 294 Å². The van der Waals surface area contributed by atoms with Crippen molar-refractivity contribution in [1.82, 2.24) is 10.2 Å². The largest absolute Gasteiger partial charge is 0.481 e. The van der Waals surface area contributed by atoms with E-state index in [0.717, 1.165) is 13.0 Å². The monoisotopic (exact) mass is 678 g/mol. The summed E-state index contributed by atoms with van der Waals surface area (Å²) in [6.45, 7) is 21.7. The molecule has 1 saturated heterocycles. The predicted molar refractivity (Wildman–Crippen MR) is 192 cm³/mol. The van der Waals surface area contributed by atoms with Crippen molar-refractivity contribution in [2.24, 2.45) is 56.7 Å². The number of carbonyl (C=O) groups excluding carboxylic acids is 1. The van der Waals surface area contributed by atoms with E-state index in [9.17, 15) is 19.1 Å². The molecule has 0 aromatic carbocycles. The van der Waals surface area contributed by atoms with Crippen LogP contribution < -0.4 is 5.32 Å². The van der Waals surface area contributed by atoms with Crippen LogP contribution >= 0.6 is 0 Å². The molecule has 2 N–H and O–H groups in total. The fourth-order valence-corrected chi connectivity index (χ4v) is 14.2. The predicted octanol–water partition coefficient (Wildman–Crippen LogP) is 9.13. The van der Waals surface area contributed by atoms with Gasteiger partial charge in [-0.2, -0.15) is 0 Å².